The van der Waals surface area contributed by atoms with Crippen LogP contribution >= 0.6 is 11.8 Å². The van der Waals surface area contributed by atoms with Crippen molar-refractivity contribution in [1.82, 2.24) is 4.90 Å². The molecule has 2 heterocycles. The number of halogens is 1. The first-order valence-electron chi connectivity index (χ1n) is 11.1. The van der Waals surface area contributed by atoms with E-state index in [0.717, 1.165) is 54.3 Å². The van der Waals surface area contributed by atoms with Gasteiger partial charge in [0, 0.05) is 27.2 Å². The minimum absolute atomic E-state index is 0.101. The lowest BCUT2D eigenvalue weighted by Gasteiger charge is -2.44. The Morgan fingerprint density at radius 2 is 1.83 bits per heavy atom. The average molecular weight is 428 g/mol. The SMILES string of the molecule is CC(C)c1ccc(CSc2ccc3c(c2)OCC32CCN(C(C)(C)C)CC2)c(F)c1. The second kappa shape index (κ2) is 8.20. The van der Waals surface area contributed by atoms with E-state index in [4.69, 9.17) is 4.74 Å². The summed E-state index contributed by atoms with van der Waals surface area (Å²) < 4.78 is 20.6. The molecule has 0 N–H and O–H groups in total. The molecule has 0 saturated carbocycles. The maximum absolute atomic E-state index is 14.4. The number of hydrogen-bond donors (Lipinski definition) is 0. The molecule has 0 atom stereocenters. The Hall–Kier alpha value is -1.52. The molecule has 2 nitrogen and oxygen atoms in total. The number of piperidine rings is 1. The van der Waals surface area contributed by atoms with Gasteiger partial charge in [0.1, 0.15) is 11.6 Å². The minimum atomic E-state index is -0.101. The lowest BCUT2D eigenvalue weighted by atomic mass is 9.74. The van der Waals surface area contributed by atoms with Crippen LogP contribution in [-0.4, -0.2) is 30.1 Å². The van der Waals surface area contributed by atoms with Crippen molar-refractivity contribution in [2.45, 2.75) is 75.0 Å². The van der Waals surface area contributed by atoms with Crippen molar-refractivity contribution in [3.05, 3.63) is 58.9 Å². The van der Waals surface area contributed by atoms with Gasteiger partial charge in [0.25, 0.3) is 0 Å². The van der Waals surface area contributed by atoms with Crippen LogP contribution in [0.5, 0.6) is 5.75 Å². The first-order valence-corrected chi connectivity index (χ1v) is 12.1. The lowest BCUT2D eigenvalue weighted by Crippen LogP contribution is -2.50. The number of rotatable bonds is 4. The summed E-state index contributed by atoms with van der Waals surface area (Å²) in [5, 5.41) is 0. The van der Waals surface area contributed by atoms with E-state index in [9.17, 15) is 4.39 Å². The molecule has 4 rings (SSSR count). The smallest absolute Gasteiger partial charge is 0.127 e. The second-order valence-electron chi connectivity index (χ2n) is 10.2. The van der Waals surface area contributed by atoms with Crippen molar-refractivity contribution in [1.29, 1.82) is 0 Å². The van der Waals surface area contributed by atoms with Gasteiger partial charge in [0.15, 0.2) is 0 Å². The Morgan fingerprint density at radius 3 is 2.47 bits per heavy atom. The summed E-state index contributed by atoms with van der Waals surface area (Å²) >= 11 is 1.68. The van der Waals surface area contributed by atoms with E-state index in [1.807, 2.05) is 12.1 Å². The summed E-state index contributed by atoms with van der Waals surface area (Å²) in [5.41, 5.74) is 3.58. The predicted octanol–water partition coefficient (Wildman–Crippen LogP) is 6.77. The summed E-state index contributed by atoms with van der Waals surface area (Å²) in [5.74, 6) is 1.91. The van der Waals surface area contributed by atoms with Crippen molar-refractivity contribution in [2.24, 2.45) is 0 Å². The normalized spacial score (nSPS) is 18.6. The maximum Gasteiger partial charge on any atom is 0.127 e. The number of ether oxygens (including phenoxy) is 1. The third kappa shape index (κ3) is 4.27. The molecular weight excluding hydrogens is 393 g/mol. The van der Waals surface area contributed by atoms with Gasteiger partial charge in [-0.05, 0) is 81.9 Å². The molecule has 1 spiro atoms. The van der Waals surface area contributed by atoms with Crippen LogP contribution in [0.1, 0.15) is 70.1 Å². The van der Waals surface area contributed by atoms with E-state index in [-0.39, 0.29) is 16.8 Å². The molecule has 0 bridgehead atoms. The zero-order valence-electron chi connectivity index (χ0n) is 18.9. The van der Waals surface area contributed by atoms with Crippen LogP contribution in [0.25, 0.3) is 0 Å². The molecular formula is C26H34FNOS. The number of thioether (sulfide) groups is 1. The van der Waals surface area contributed by atoms with Gasteiger partial charge in [-0.3, -0.25) is 4.90 Å². The molecule has 162 valence electrons. The molecule has 0 aromatic heterocycles. The van der Waals surface area contributed by atoms with Crippen molar-refractivity contribution in [2.75, 3.05) is 19.7 Å². The van der Waals surface area contributed by atoms with Gasteiger partial charge in [-0.15, -0.1) is 11.8 Å². The predicted molar refractivity (Wildman–Crippen MR) is 124 cm³/mol. The summed E-state index contributed by atoms with van der Waals surface area (Å²) in [6.45, 7) is 14.1. The van der Waals surface area contributed by atoms with Gasteiger partial charge < -0.3 is 4.74 Å². The first-order chi connectivity index (χ1) is 14.2. The quantitative estimate of drug-likeness (QED) is 0.500. The van der Waals surface area contributed by atoms with E-state index in [1.165, 1.54) is 5.56 Å². The Morgan fingerprint density at radius 1 is 1.10 bits per heavy atom. The molecule has 2 aliphatic rings. The highest BCUT2D eigenvalue weighted by atomic mass is 32.2. The summed E-state index contributed by atoms with van der Waals surface area (Å²) in [4.78, 5) is 3.73. The Kier molecular flexibility index (Phi) is 5.93. The molecule has 1 fully saturated rings. The largest absolute Gasteiger partial charge is 0.492 e. The van der Waals surface area contributed by atoms with Gasteiger partial charge in [-0.2, -0.15) is 0 Å². The third-order valence-corrected chi connectivity index (χ3v) is 7.88. The van der Waals surface area contributed by atoms with Crippen molar-refractivity contribution < 1.29 is 9.13 Å². The number of likely N-dealkylation sites (tertiary alicyclic amines) is 1. The van der Waals surface area contributed by atoms with E-state index in [1.54, 1.807) is 17.8 Å². The Balaban J connectivity index is 1.43. The average Bonchev–Trinajstić information content (AvgIpc) is 3.04. The molecule has 30 heavy (non-hydrogen) atoms. The fraction of sp³-hybridized carbons (Fsp3) is 0.538. The summed E-state index contributed by atoms with van der Waals surface area (Å²) in [6.07, 6.45) is 2.30. The van der Waals surface area contributed by atoms with Crippen LogP contribution in [0.3, 0.4) is 0 Å². The van der Waals surface area contributed by atoms with E-state index >= 15 is 0 Å². The molecule has 0 radical (unpaired) electrons. The topological polar surface area (TPSA) is 12.5 Å². The van der Waals surface area contributed by atoms with Crippen molar-refractivity contribution in [3.63, 3.8) is 0 Å². The third-order valence-electron chi connectivity index (χ3n) is 6.84. The number of nitrogens with zero attached hydrogens (tertiary/aromatic N) is 1. The second-order valence-corrected chi connectivity index (χ2v) is 11.2. The number of hydrogen-bond acceptors (Lipinski definition) is 3. The Labute approximate surface area is 185 Å². The monoisotopic (exact) mass is 427 g/mol. The minimum Gasteiger partial charge on any atom is -0.492 e. The summed E-state index contributed by atoms with van der Waals surface area (Å²) in [6, 6.07) is 12.3. The van der Waals surface area contributed by atoms with Gasteiger partial charge in [0.05, 0.1) is 6.61 Å². The van der Waals surface area contributed by atoms with Crippen molar-refractivity contribution >= 4 is 11.8 Å². The van der Waals surface area contributed by atoms with Crippen LogP contribution in [0.4, 0.5) is 4.39 Å². The van der Waals surface area contributed by atoms with Crippen LogP contribution < -0.4 is 4.74 Å². The highest BCUT2D eigenvalue weighted by Gasteiger charge is 2.44. The molecule has 2 aromatic carbocycles. The van der Waals surface area contributed by atoms with Gasteiger partial charge >= 0.3 is 0 Å². The number of benzene rings is 2. The highest BCUT2D eigenvalue weighted by molar-refractivity contribution is 7.98. The number of fused-ring (bicyclic) bond motifs is 2. The maximum atomic E-state index is 14.4. The van der Waals surface area contributed by atoms with Gasteiger partial charge in [0.2, 0.25) is 0 Å². The molecule has 0 unspecified atom stereocenters. The van der Waals surface area contributed by atoms with Crippen molar-refractivity contribution in [3.8, 4) is 5.75 Å². The Bertz CT molecular complexity index is 910. The fourth-order valence-electron chi connectivity index (χ4n) is 4.66. The van der Waals surface area contributed by atoms with E-state index in [2.05, 4.69) is 57.7 Å². The van der Waals surface area contributed by atoms with E-state index < -0.39 is 0 Å². The molecule has 4 heteroatoms. The van der Waals surface area contributed by atoms with Crippen LogP contribution in [-0.2, 0) is 11.2 Å². The standard InChI is InChI=1S/C26H34FNOS/c1-18(2)19-6-7-20(23(27)14-19)16-30-21-8-9-22-24(15-21)29-17-26(22)10-12-28(13-11-26)25(3,4)5/h6-9,14-15,18H,10-13,16-17H2,1-5H3. The fourth-order valence-corrected chi connectivity index (χ4v) is 5.57. The van der Waals surface area contributed by atoms with Crippen LogP contribution in [0.2, 0.25) is 0 Å². The first kappa shape index (κ1) is 21.7. The molecule has 2 aliphatic heterocycles. The van der Waals surface area contributed by atoms with Crippen LogP contribution in [0, 0.1) is 5.82 Å². The molecule has 1 saturated heterocycles. The van der Waals surface area contributed by atoms with Gasteiger partial charge in [-0.25, -0.2) is 4.39 Å². The molecule has 0 aliphatic carbocycles. The molecule has 2 aromatic rings. The summed E-state index contributed by atoms with van der Waals surface area (Å²) in [7, 11) is 0. The van der Waals surface area contributed by atoms with E-state index in [0.29, 0.717) is 11.7 Å². The highest BCUT2D eigenvalue weighted by Crippen LogP contribution is 2.47. The zero-order valence-corrected chi connectivity index (χ0v) is 19.7. The van der Waals surface area contributed by atoms with Crippen LogP contribution in [0.15, 0.2) is 41.3 Å². The zero-order chi connectivity index (χ0) is 21.5. The lowest BCUT2D eigenvalue weighted by molar-refractivity contribution is 0.0659. The van der Waals surface area contributed by atoms with Gasteiger partial charge in [-0.1, -0.05) is 32.0 Å². The molecule has 0 amide bonds.